The predicted octanol–water partition coefficient (Wildman–Crippen LogP) is 18.9. The standard InChI is InChI=1S/C70H46N6O2/c1-5-17-47(18-6-1)59-45-46-60(48-19-7-2-8-20-48)68-67(59)73-65(49-29-37-55(38-30-49)75(53-21-9-3-10-22-53)57-41-33-51(34-42-57)69-71-61-25-13-15-27-63(61)77-69)66(74-68)50-31-39-56(40-32-50)76(54-23-11-4-12-24-54)58-43-35-52(36-44-58)70-72-62-26-14-16-28-64(62)78-70/h1-46H. The lowest BCUT2D eigenvalue weighted by molar-refractivity contribution is 0.619. The predicted molar refractivity (Wildman–Crippen MR) is 317 cm³/mol. The molecule has 0 saturated heterocycles. The number of fused-ring (bicyclic) bond motifs is 3. The van der Waals surface area contributed by atoms with E-state index in [1.165, 1.54) is 0 Å². The third-order valence-electron chi connectivity index (χ3n) is 14.2. The van der Waals surface area contributed by atoms with Crippen LogP contribution in [-0.2, 0) is 0 Å². The lowest BCUT2D eigenvalue weighted by Gasteiger charge is -2.26. The number of para-hydroxylation sites is 6. The molecule has 0 N–H and O–H groups in total. The maximum Gasteiger partial charge on any atom is 0.227 e. The number of hydrogen-bond acceptors (Lipinski definition) is 8. The minimum Gasteiger partial charge on any atom is -0.436 e. The van der Waals surface area contributed by atoms with Crippen molar-refractivity contribution in [2.75, 3.05) is 9.80 Å². The molecule has 0 saturated carbocycles. The van der Waals surface area contributed by atoms with Crippen LogP contribution >= 0.6 is 0 Å². The van der Waals surface area contributed by atoms with Gasteiger partial charge < -0.3 is 18.6 Å². The van der Waals surface area contributed by atoms with Crippen molar-refractivity contribution in [2.24, 2.45) is 0 Å². The van der Waals surface area contributed by atoms with E-state index in [9.17, 15) is 0 Å². The van der Waals surface area contributed by atoms with Gasteiger partial charge in [-0.05, 0) is 132 Å². The monoisotopic (exact) mass is 1000 g/mol. The van der Waals surface area contributed by atoms with Gasteiger partial charge in [0, 0.05) is 67.5 Å². The first-order valence-electron chi connectivity index (χ1n) is 25.9. The summed E-state index contributed by atoms with van der Waals surface area (Å²) in [6, 6.07) is 95.9. The normalized spacial score (nSPS) is 11.3. The smallest absolute Gasteiger partial charge is 0.227 e. The quantitative estimate of drug-likeness (QED) is 0.120. The van der Waals surface area contributed by atoms with Crippen molar-refractivity contribution in [1.82, 2.24) is 19.9 Å². The molecule has 3 heterocycles. The SMILES string of the molecule is c1ccc(-c2ccc(-c3ccccc3)c3nc(-c4ccc(N(c5ccccc5)c5ccc(-c6nc7ccccc7o6)cc5)cc4)c(-c4ccc(N(c5ccccc5)c5ccc(-c6nc7ccccc7o6)cc5)cc4)nc23)cc1. The Morgan fingerprint density at radius 1 is 0.231 bits per heavy atom. The van der Waals surface area contributed by atoms with Gasteiger partial charge in [-0.25, -0.2) is 19.9 Å². The summed E-state index contributed by atoms with van der Waals surface area (Å²) in [4.78, 5) is 25.5. The number of anilines is 6. The van der Waals surface area contributed by atoms with E-state index >= 15 is 0 Å². The number of rotatable bonds is 12. The molecule has 0 aliphatic heterocycles. The second kappa shape index (κ2) is 19.9. The van der Waals surface area contributed by atoms with Gasteiger partial charge in [0.1, 0.15) is 11.0 Å². The van der Waals surface area contributed by atoms with Crippen LogP contribution in [0, 0.1) is 0 Å². The third kappa shape index (κ3) is 8.69. The molecule has 0 atom stereocenters. The molecule has 0 spiro atoms. The van der Waals surface area contributed by atoms with Crippen LogP contribution < -0.4 is 9.80 Å². The van der Waals surface area contributed by atoms with Crippen LogP contribution in [0.4, 0.5) is 34.1 Å². The van der Waals surface area contributed by atoms with E-state index in [0.717, 1.165) is 123 Å². The summed E-state index contributed by atoms with van der Waals surface area (Å²) < 4.78 is 12.3. The molecular weight excluding hydrogens is 957 g/mol. The van der Waals surface area contributed by atoms with Crippen LogP contribution in [0.25, 0.3) is 101 Å². The average molecular weight is 1000 g/mol. The molecule has 0 amide bonds. The van der Waals surface area contributed by atoms with E-state index in [2.05, 4.69) is 216 Å². The van der Waals surface area contributed by atoms with Crippen LogP contribution in [0.3, 0.4) is 0 Å². The summed E-state index contributed by atoms with van der Waals surface area (Å²) in [6.45, 7) is 0. The first kappa shape index (κ1) is 45.9. The Hall–Kier alpha value is -10.7. The van der Waals surface area contributed by atoms with Gasteiger partial charge in [0.2, 0.25) is 11.8 Å². The highest BCUT2D eigenvalue weighted by Crippen LogP contribution is 2.43. The third-order valence-corrected chi connectivity index (χ3v) is 14.2. The van der Waals surface area contributed by atoms with Crippen LogP contribution in [0.2, 0.25) is 0 Å². The van der Waals surface area contributed by atoms with Gasteiger partial charge >= 0.3 is 0 Å². The highest BCUT2D eigenvalue weighted by molar-refractivity contribution is 6.03. The Kier molecular flexibility index (Phi) is 11.7. The van der Waals surface area contributed by atoms with Gasteiger partial charge in [0.05, 0.1) is 22.4 Å². The second-order valence-electron chi connectivity index (χ2n) is 19.0. The highest BCUT2D eigenvalue weighted by Gasteiger charge is 2.22. The molecule has 0 aliphatic carbocycles. The Labute approximate surface area is 450 Å². The van der Waals surface area contributed by atoms with Gasteiger partial charge in [-0.3, -0.25) is 0 Å². The summed E-state index contributed by atoms with van der Waals surface area (Å²) in [5, 5.41) is 0. The van der Waals surface area contributed by atoms with E-state index in [0.29, 0.717) is 11.8 Å². The van der Waals surface area contributed by atoms with E-state index in [4.69, 9.17) is 28.8 Å². The maximum atomic E-state index is 6.14. The van der Waals surface area contributed by atoms with E-state index in [1.54, 1.807) is 0 Å². The highest BCUT2D eigenvalue weighted by atomic mass is 16.4. The van der Waals surface area contributed by atoms with Crippen molar-refractivity contribution >= 4 is 67.4 Å². The van der Waals surface area contributed by atoms with Gasteiger partial charge in [-0.2, -0.15) is 0 Å². The van der Waals surface area contributed by atoms with Crippen LogP contribution in [0.15, 0.2) is 288 Å². The van der Waals surface area contributed by atoms with Crippen molar-refractivity contribution in [3.63, 3.8) is 0 Å². The van der Waals surface area contributed by atoms with Crippen molar-refractivity contribution in [1.29, 1.82) is 0 Å². The number of aromatic nitrogens is 4. The molecule has 0 fully saturated rings. The summed E-state index contributed by atoms with van der Waals surface area (Å²) >= 11 is 0. The van der Waals surface area contributed by atoms with Crippen molar-refractivity contribution in [3.05, 3.63) is 279 Å². The first-order chi connectivity index (χ1) is 38.6. The molecule has 368 valence electrons. The fourth-order valence-corrected chi connectivity index (χ4v) is 10.3. The fraction of sp³-hybridized carbons (Fsp3) is 0. The summed E-state index contributed by atoms with van der Waals surface area (Å²) in [7, 11) is 0. The number of hydrogen-bond donors (Lipinski definition) is 0. The molecule has 0 bridgehead atoms. The Morgan fingerprint density at radius 2 is 0.526 bits per heavy atom. The molecule has 8 nitrogen and oxygen atoms in total. The van der Waals surface area contributed by atoms with Crippen molar-refractivity contribution < 1.29 is 8.83 Å². The lowest BCUT2D eigenvalue weighted by Crippen LogP contribution is -2.10. The molecule has 11 aromatic carbocycles. The Morgan fingerprint density at radius 3 is 0.872 bits per heavy atom. The molecule has 0 aliphatic rings. The summed E-state index contributed by atoms with van der Waals surface area (Å²) in [5.74, 6) is 1.17. The largest absolute Gasteiger partial charge is 0.436 e. The van der Waals surface area contributed by atoms with Crippen LogP contribution in [0.1, 0.15) is 0 Å². The van der Waals surface area contributed by atoms with Crippen molar-refractivity contribution in [3.8, 4) is 67.7 Å². The first-order valence-corrected chi connectivity index (χ1v) is 25.9. The molecule has 8 heteroatoms. The maximum absolute atomic E-state index is 6.14. The Bertz CT molecular complexity index is 4040. The molecule has 14 aromatic rings. The van der Waals surface area contributed by atoms with E-state index < -0.39 is 0 Å². The average Bonchev–Trinajstić information content (AvgIpc) is 4.31. The van der Waals surface area contributed by atoms with Crippen molar-refractivity contribution in [2.45, 2.75) is 0 Å². The zero-order chi connectivity index (χ0) is 51.8. The van der Waals surface area contributed by atoms with E-state index in [-0.39, 0.29) is 0 Å². The number of oxazole rings is 2. The minimum absolute atomic E-state index is 0.587. The van der Waals surface area contributed by atoms with Crippen LogP contribution in [0.5, 0.6) is 0 Å². The van der Waals surface area contributed by atoms with Gasteiger partial charge in [-0.1, -0.05) is 158 Å². The molecule has 78 heavy (non-hydrogen) atoms. The molecule has 3 aromatic heterocycles. The second-order valence-corrected chi connectivity index (χ2v) is 19.0. The van der Waals surface area contributed by atoms with E-state index in [1.807, 2.05) is 72.8 Å². The molecule has 0 radical (unpaired) electrons. The van der Waals surface area contributed by atoms with Crippen LogP contribution in [-0.4, -0.2) is 19.9 Å². The van der Waals surface area contributed by atoms with Gasteiger partial charge in [0.25, 0.3) is 0 Å². The minimum atomic E-state index is 0.587. The molecule has 0 unspecified atom stereocenters. The number of benzene rings is 11. The summed E-state index contributed by atoms with van der Waals surface area (Å²) in [6.07, 6.45) is 0. The zero-order valence-corrected chi connectivity index (χ0v) is 42.1. The Balaban J connectivity index is 0.888. The van der Waals surface area contributed by atoms with Gasteiger partial charge in [0.15, 0.2) is 11.2 Å². The summed E-state index contributed by atoms with van der Waals surface area (Å²) in [5.41, 5.74) is 20.2. The number of nitrogens with zero attached hydrogens (tertiary/aromatic N) is 6. The molecular formula is C70H46N6O2. The lowest BCUT2D eigenvalue weighted by atomic mass is 9.96. The topological polar surface area (TPSA) is 84.3 Å². The molecule has 14 rings (SSSR count). The fourth-order valence-electron chi connectivity index (χ4n) is 10.3. The zero-order valence-electron chi connectivity index (χ0n) is 42.1. The van der Waals surface area contributed by atoms with Gasteiger partial charge in [-0.15, -0.1) is 0 Å².